The van der Waals surface area contributed by atoms with Crippen LogP contribution in [-0.4, -0.2) is 129 Å². The molecule has 2 aromatic heterocycles. The number of thiol groups is 1. The Kier molecular flexibility index (Phi) is 17.7. The number of carbonyl (C=O) groups excluding carboxylic acids is 4. The Hall–Kier alpha value is -5.91. The maximum absolute atomic E-state index is 12.8. The van der Waals surface area contributed by atoms with Gasteiger partial charge in [-0.1, -0.05) is 0 Å². The van der Waals surface area contributed by atoms with Gasteiger partial charge in [-0.3, -0.25) is 29.0 Å². The summed E-state index contributed by atoms with van der Waals surface area (Å²) in [5, 5.41) is 31.3. The molecule has 0 spiro atoms. The SMILES string of the molecule is Nc1nc2ncc(CNc3ccc(C(=O)N[C@H](CCC(=O)NC[C@@H](N)C(=O)NCCOCCOCCC(=O)N[C@H](CS)C(=O)O)C(=O)O)cc3)nc2c(=O)[nH]1. The maximum Gasteiger partial charge on any atom is 0.327 e. The lowest BCUT2D eigenvalue weighted by Crippen LogP contribution is -2.49. The summed E-state index contributed by atoms with van der Waals surface area (Å²) in [5.41, 5.74) is 12.2. The second-order valence-corrected chi connectivity index (χ2v) is 12.0. The molecule has 0 aliphatic carbocycles. The third-order valence-corrected chi connectivity index (χ3v) is 7.80. The van der Waals surface area contributed by atoms with Gasteiger partial charge in [0.2, 0.25) is 23.7 Å². The molecule has 55 heavy (non-hydrogen) atoms. The number of rotatable bonds is 24. The minimum Gasteiger partial charge on any atom is -0.480 e. The number of carbonyl (C=O) groups is 6. The molecule has 0 saturated carbocycles. The predicted molar refractivity (Wildman–Crippen MR) is 198 cm³/mol. The number of H-pyrrole nitrogens is 1. The van der Waals surface area contributed by atoms with Gasteiger partial charge in [0.1, 0.15) is 18.1 Å². The Morgan fingerprint density at radius 3 is 2.24 bits per heavy atom. The number of aromatic nitrogens is 4. The van der Waals surface area contributed by atoms with Crippen LogP contribution in [-0.2, 0) is 40.0 Å². The Balaban J connectivity index is 1.29. The van der Waals surface area contributed by atoms with Crippen LogP contribution in [0.3, 0.4) is 0 Å². The molecule has 298 valence electrons. The van der Waals surface area contributed by atoms with Crippen molar-refractivity contribution in [2.75, 3.05) is 56.3 Å². The van der Waals surface area contributed by atoms with E-state index in [4.69, 9.17) is 26.0 Å². The first-order valence-electron chi connectivity index (χ1n) is 16.7. The number of nitrogens with zero attached hydrogens (tertiary/aromatic N) is 3. The molecule has 1 aromatic carbocycles. The van der Waals surface area contributed by atoms with Crippen molar-refractivity contribution in [3.8, 4) is 0 Å². The number of carboxylic acid groups (broad SMARTS) is 2. The fraction of sp³-hybridized carbons (Fsp3) is 0.438. The third kappa shape index (κ3) is 15.2. The molecule has 0 aliphatic heterocycles. The summed E-state index contributed by atoms with van der Waals surface area (Å²) >= 11 is 3.86. The molecule has 0 aliphatic rings. The van der Waals surface area contributed by atoms with Crippen LogP contribution in [0.15, 0.2) is 35.3 Å². The summed E-state index contributed by atoms with van der Waals surface area (Å²) in [4.78, 5) is 98.4. The van der Waals surface area contributed by atoms with E-state index in [1.807, 2.05) is 0 Å². The Morgan fingerprint density at radius 2 is 1.56 bits per heavy atom. The van der Waals surface area contributed by atoms with Crippen LogP contribution in [0.1, 0.15) is 35.3 Å². The van der Waals surface area contributed by atoms with Crippen molar-refractivity contribution in [1.29, 1.82) is 0 Å². The van der Waals surface area contributed by atoms with Crippen molar-refractivity contribution in [1.82, 2.24) is 41.2 Å². The molecule has 0 bridgehead atoms. The van der Waals surface area contributed by atoms with Gasteiger partial charge in [-0.05, 0) is 30.7 Å². The van der Waals surface area contributed by atoms with Gasteiger partial charge >= 0.3 is 11.9 Å². The molecule has 23 heteroatoms. The average molecular weight is 790 g/mol. The van der Waals surface area contributed by atoms with Crippen LogP contribution < -0.4 is 43.6 Å². The standard InChI is InChI=1S/C32H43N11O11S/c33-20(28(47)35-8-10-54-12-11-53-9-7-24(45)40-22(16-55)31(51)52)15-37-23(44)6-5-21(30(49)50)41-27(46)17-1-3-18(4-2-17)36-13-19-14-38-26-25(39-19)29(48)43-32(34)42-26/h1-4,14,20-22,36,55H,5-13,15-16,33H2,(H,35,47)(H,37,44)(H,40,45)(H,41,46)(H,49,50)(H,51,52)(H3,34,38,42,43,48)/t20-,21-,22-/m1/s1. The van der Waals surface area contributed by atoms with E-state index < -0.39 is 59.3 Å². The van der Waals surface area contributed by atoms with Crippen molar-refractivity contribution in [3.63, 3.8) is 0 Å². The summed E-state index contributed by atoms with van der Waals surface area (Å²) in [6.07, 6.45) is 0.885. The van der Waals surface area contributed by atoms with Crippen LogP contribution >= 0.6 is 12.6 Å². The second kappa shape index (κ2) is 22.3. The lowest BCUT2D eigenvalue weighted by atomic mass is 10.1. The van der Waals surface area contributed by atoms with E-state index in [-0.39, 0.29) is 93.8 Å². The van der Waals surface area contributed by atoms with Crippen molar-refractivity contribution in [3.05, 3.63) is 52.1 Å². The van der Waals surface area contributed by atoms with Crippen LogP contribution in [0.4, 0.5) is 11.6 Å². The largest absolute Gasteiger partial charge is 0.480 e. The minimum absolute atomic E-state index is 0.0291. The number of nitrogen functional groups attached to an aromatic ring is 1. The Bertz CT molecular complexity index is 1860. The fourth-order valence-corrected chi connectivity index (χ4v) is 4.73. The number of aliphatic carboxylic acids is 2. The van der Waals surface area contributed by atoms with Gasteiger partial charge in [0.15, 0.2) is 11.2 Å². The number of carboxylic acids is 2. The smallest absolute Gasteiger partial charge is 0.327 e. The summed E-state index contributed by atoms with van der Waals surface area (Å²) in [5.74, 6) is -4.96. The molecule has 12 N–H and O–H groups in total. The third-order valence-electron chi connectivity index (χ3n) is 7.43. The molecular weight excluding hydrogens is 746 g/mol. The van der Waals surface area contributed by atoms with E-state index in [1.165, 1.54) is 18.3 Å². The number of anilines is 2. The van der Waals surface area contributed by atoms with Crippen molar-refractivity contribution >= 4 is 71.0 Å². The molecule has 0 saturated heterocycles. The monoisotopic (exact) mass is 789 g/mol. The molecule has 3 atom stereocenters. The van der Waals surface area contributed by atoms with Crippen molar-refractivity contribution in [2.45, 2.75) is 43.9 Å². The van der Waals surface area contributed by atoms with Crippen LogP contribution in [0.2, 0.25) is 0 Å². The number of hydrogen-bond acceptors (Lipinski definition) is 16. The second-order valence-electron chi connectivity index (χ2n) is 11.6. The highest BCUT2D eigenvalue weighted by molar-refractivity contribution is 7.80. The number of nitrogens with one attached hydrogen (secondary N) is 6. The molecule has 4 amide bonds. The van der Waals surface area contributed by atoms with Gasteiger partial charge in [-0.25, -0.2) is 19.6 Å². The van der Waals surface area contributed by atoms with E-state index in [0.29, 0.717) is 11.4 Å². The van der Waals surface area contributed by atoms with Gasteiger partial charge in [0.25, 0.3) is 11.5 Å². The highest BCUT2D eigenvalue weighted by Crippen LogP contribution is 2.12. The highest BCUT2D eigenvalue weighted by atomic mass is 32.1. The zero-order valence-electron chi connectivity index (χ0n) is 29.4. The number of hydrogen-bond donors (Lipinski definition) is 11. The topological polar surface area (TPSA) is 345 Å². The van der Waals surface area contributed by atoms with Crippen LogP contribution in [0, 0.1) is 0 Å². The number of amides is 4. The van der Waals surface area contributed by atoms with Crippen LogP contribution in [0.5, 0.6) is 0 Å². The number of fused-ring (bicyclic) bond motifs is 1. The first-order chi connectivity index (χ1) is 26.3. The van der Waals surface area contributed by atoms with Crippen molar-refractivity contribution < 1.29 is 48.5 Å². The number of aromatic amines is 1. The maximum atomic E-state index is 12.8. The molecule has 3 rings (SSSR count). The Labute approximate surface area is 318 Å². The van der Waals surface area contributed by atoms with E-state index >= 15 is 0 Å². The first kappa shape index (κ1) is 43.5. The van der Waals surface area contributed by atoms with Gasteiger partial charge in [0.05, 0.1) is 44.9 Å². The van der Waals surface area contributed by atoms with Crippen molar-refractivity contribution in [2.24, 2.45) is 5.73 Å². The summed E-state index contributed by atoms with van der Waals surface area (Å²) in [7, 11) is 0. The Morgan fingerprint density at radius 1 is 0.873 bits per heavy atom. The number of benzene rings is 1. The zero-order chi connectivity index (χ0) is 40.3. The molecule has 22 nitrogen and oxygen atoms in total. The lowest BCUT2D eigenvalue weighted by Gasteiger charge is -2.16. The van der Waals surface area contributed by atoms with Gasteiger partial charge in [-0.2, -0.15) is 17.6 Å². The molecule has 0 fully saturated rings. The van der Waals surface area contributed by atoms with Crippen LogP contribution in [0.25, 0.3) is 11.2 Å². The van der Waals surface area contributed by atoms with E-state index in [2.05, 4.69) is 59.1 Å². The summed E-state index contributed by atoms with van der Waals surface area (Å²) < 4.78 is 10.6. The van der Waals surface area contributed by atoms with Gasteiger partial charge < -0.3 is 57.7 Å². The molecule has 0 radical (unpaired) electrons. The molecule has 3 aromatic rings. The minimum atomic E-state index is -1.38. The predicted octanol–water partition coefficient (Wildman–Crippen LogP) is -2.65. The molecule has 0 unspecified atom stereocenters. The fourth-order valence-electron chi connectivity index (χ4n) is 4.48. The summed E-state index contributed by atoms with van der Waals surface area (Å²) in [6, 6.07) is 2.55. The molecule has 2 heterocycles. The molecular formula is C32H43N11O11S. The van der Waals surface area contributed by atoms with E-state index in [1.54, 1.807) is 12.1 Å². The highest BCUT2D eigenvalue weighted by Gasteiger charge is 2.23. The first-order valence-corrected chi connectivity index (χ1v) is 17.4. The zero-order valence-corrected chi connectivity index (χ0v) is 30.3. The van der Waals surface area contributed by atoms with Gasteiger partial charge in [0, 0.05) is 42.9 Å². The van der Waals surface area contributed by atoms with Gasteiger partial charge in [-0.15, -0.1) is 0 Å². The van der Waals surface area contributed by atoms with E-state index in [9.17, 15) is 38.7 Å². The normalized spacial score (nSPS) is 12.5. The summed E-state index contributed by atoms with van der Waals surface area (Å²) in [6.45, 7) is 0.581. The van der Waals surface area contributed by atoms with E-state index in [0.717, 1.165) is 0 Å². The number of nitrogens with two attached hydrogens (primary N) is 2. The average Bonchev–Trinajstić information content (AvgIpc) is 3.15. The lowest BCUT2D eigenvalue weighted by molar-refractivity contribution is -0.141. The number of ether oxygens (including phenoxy) is 2. The quantitative estimate of drug-likeness (QED) is 0.0326.